The van der Waals surface area contributed by atoms with Gasteiger partial charge in [-0.15, -0.1) is 0 Å². The number of aryl methyl sites for hydroxylation is 2. The number of carbonyl (C=O) groups is 1. The zero-order valence-electron chi connectivity index (χ0n) is 9.34. The van der Waals surface area contributed by atoms with Gasteiger partial charge in [0.1, 0.15) is 0 Å². The summed E-state index contributed by atoms with van der Waals surface area (Å²) in [7, 11) is 0. The van der Waals surface area contributed by atoms with Crippen LogP contribution in [0.3, 0.4) is 0 Å². The molecule has 15 heavy (non-hydrogen) atoms. The Balaban J connectivity index is 2.16. The zero-order chi connectivity index (χ0) is 10.8. The Labute approximate surface area is 90.7 Å². The summed E-state index contributed by atoms with van der Waals surface area (Å²) >= 11 is 0. The topological polar surface area (TPSA) is 29.1 Å². The van der Waals surface area contributed by atoms with E-state index in [9.17, 15) is 4.79 Å². The van der Waals surface area contributed by atoms with Crippen LogP contribution in [0.5, 0.6) is 0 Å². The summed E-state index contributed by atoms with van der Waals surface area (Å²) in [5.41, 5.74) is 4.03. The number of rotatable bonds is 1. The van der Waals surface area contributed by atoms with Crippen LogP contribution in [-0.2, 0) is 4.79 Å². The van der Waals surface area contributed by atoms with E-state index in [1.165, 1.54) is 16.7 Å². The number of piperidine rings is 1. The quantitative estimate of drug-likeness (QED) is 0.745. The fraction of sp³-hybridized carbons (Fsp3) is 0.462. The standard InChI is InChI=1S/C13H17NO/c1-9-3-4-11(7-10(9)2)12-5-6-13(15)14-8-12/h3-4,7,12H,5-6,8H2,1-2H3,(H,14,15). The Kier molecular flexibility index (Phi) is 2.76. The highest BCUT2D eigenvalue weighted by Crippen LogP contribution is 2.25. The molecule has 1 aromatic rings. The van der Waals surface area contributed by atoms with Gasteiger partial charge in [-0.25, -0.2) is 0 Å². The van der Waals surface area contributed by atoms with Crippen molar-refractivity contribution in [2.75, 3.05) is 6.54 Å². The molecule has 1 atom stereocenters. The second kappa shape index (κ2) is 4.05. The minimum atomic E-state index is 0.190. The second-order valence-electron chi connectivity index (χ2n) is 4.38. The summed E-state index contributed by atoms with van der Waals surface area (Å²) in [6, 6.07) is 6.60. The van der Waals surface area contributed by atoms with Crippen LogP contribution in [0.4, 0.5) is 0 Å². The van der Waals surface area contributed by atoms with Gasteiger partial charge in [-0.3, -0.25) is 4.79 Å². The van der Waals surface area contributed by atoms with Crippen LogP contribution in [0, 0.1) is 13.8 Å². The summed E-state index contributed by atoms with van der Waals surface area (Å²) in [4.78, 5) is 11.0. The minimum Gasteiger partial charge on any atom is -0.355 e. The van der Waals surface area contributed by atoms with E-state index in [0.29, 0.717) is 12.3 Å². The molecule has 1 aliphatic heterocycles. The molecular formula is C13H17NO. The first kappa shape index (κ1) is 10.2. The monoisotopic (exact) mass is 203 g/mol. The summed E-state index contributed by atoms with van der Waals surface area (Å²) in [5, 5.41) is 2.93. The molecule has 0 spiro atoms. The van der Waals surface area contributed by atoms with Gasteiger partial charge in [0.25, 0.3) is 0 Å². The first-order valence-corrected chi connectivity index (χ1v) is 5.50. The molecule has 1 N–H and O–H groups in total. The van der Waals surface area contributed by atoms with Gasteiger partial charge in [0.05, 0.1) is 0 Å². The van der Waals surface area contributed by atoms with Crippen LogP contribution in [0.15, 0.2) is 18.2 Å². The lowest BCUT2D eigenvalue weighted by Gasteiger charge is -2.23. The highest BCUT2D eigenvalue weighted by Gasteiger charge is 2.19. The molecule has 80 valence electrons. The van der Waals surface area contributed by atoms with Crippen LogP contribution in [0.2, 0.25) is 0 Å². The van der Waals surface area contributed by atoms with E-state index in [0.717, 1.165) is 13.0 Å². The lowest BCUT2D eigenvalue weighted by molar-refractivity contribution is -0.122. The normalized spacial score (nSPS) is 21.2. The third-order valence-corrected chi connectivity index (χ3v) is 3.27. The molecular weight excluding hydrogens is 186 g/mol. The third kappa shape index (κ3) is 2.20. The molecule has 0 bridgehead atoms. The molecule has 1 aromatic carbocycles. The number of carbonyl (C=O) groups excluding carboxylic acids is 1. The predicted molar refractivity (Wildman–Crippen MR) is 60.9 cm³/mol. The highest BCUT2D eigenvalue weighted by molar-refractivity contribution is 5.76. The largest absolute Gasteiger partial charge is 0.355 e. The maximum atomic E-state index is 11.0. The number of nitrogens with one attached hydrogen (secondary N) is 1. The Morgan fingerprint density at radius 3 is 2.67 bits per heavy atom. The van der Waals surface area contributed by atoms with E-state index in [4.69, 9.17) is 0 Å². The van der Waals surface area contributed by atoms with Gasteiger partial charge >= 0.3 is 0 Å². The van der Waals surface area contributed by atoms with Crippen LogP contribution >= 0.6 is 0 Å². The first-order valence-electron chi connectivity index (χ1n) is 5.50. The maximum Gasteiger partial charge on any atom is 0.220 e. The molecule has 0 aliphatic carbocycles. The minimum absolute atomic E-state index is 0.190. The molecule has 1 heterocycles. The van der Waals surface area contributed by atoms with Crippen LogP contribution in [0.1, 0.15) is 35.4 Å². The van der Waals surface area contributed by atoms with E-state index in [2.05, 4.69) is 37.4 Å². The van der Waals surface area contributed by atoms with E-state index in [1.807, 2.05) is 0 Å². The van der Waals surface area contributed by atoms with Gasteiger partial charge in [0.15, 0.2) is 0 Å². The lowest BCUT2D eigenvalue weighted by atomic mass is 9.90. The molecule has 0 aromatic heterocycles. The smallest absolute Gasteiger partial charge is 0.220 e. The average molecular weight is 203 g/mol. The van der Waals surface area contributed by atoms with Gasteiger partial charge in [0, 0.05) is 18.9 Å². The van der Waals surface area contributed by atoms with Crippen molar-refractivity contribution in [2.45, 2.75) is 32.6 Å². The van der Waals surface area contributed by atoms with Crippen molar-refractivity contribution < 1.29 is 4.79 Å². The van der Waals surface area contributed by atoms with E-state index < -0.39 is 0 Å². The van der Waals surface area contributed by atoms with E-state index in [1.54, 1.807) is 0 Å². The Hall–Kier alpha value is -1.31. The third-order valence-electron chi connectivity index (χ3n) is 3.27. The van der Waals surface area contributed by atoms with Crippen molar-refractivity contribution in [3.63, 3.8) is 0 Å². The molecule has 1 unspecified atom stereocenters. The van der Waals surface area contributed by atoms with Crippen molar-refractivity contribution >= 4 is 5.91 Å². The summed E-state index contributed by atoms with van der Waals surface area (Å²) in [6.07, 6.45) is 1.64. The van der Waals surface area contributed by atoms with Crippen molar-refractivity contribution in [3.8, 4) is 0 Å². The first-order chi connectivity index (χ1) is 7.16. The van der Waals surface area contributed by atoms with Gasteiger partial charge in [-0.1, -0.05) is 18.2 Å². The highest BCUT2D eigenvalue weighted by atomic mass is 16.1. The summed E-state index contributed by atoms with van der Waals surface area (Å²) in [6.45, 7) is 5.06. The second-order valence-corrected chi connectivity index (χ2v) is 4.38. The molecule has 2 rings (SSSR count). The molecule has 2 heteroatoms. The van der Waals surface area contributed by atoms with Crippen molar-refractivity contribution in [1.29, 1.82) is 0 Å². The number of hydrogen-bond acceptors (Lipinski definition) is 1. The zero-order valence-corrected chi connectivity index (χ0v) is 9.34. The number of amides is 1. The number of hydrogen-bond donors (Lipinski definition) is 1. The Bertz CT molecular complexity index is 374. The molecule has 0 saturated carbocycles. The van der Waals surface area contributed by atoms with Crippen LogP contribution in [0.25, 0.3) is 0 Å². The SMILES string of the molecule is Cc1ccc(C2CCC(=O)NC2)cc1C. The molecule has 0 radical (unpaired) electrons. The van der Waals surface area contributed by atoms with Gasteiger partial charge in [0.2, 0.25) is 5.91 Å². The van der Waals surface area contributed by atoms with Crippen molar-refractivity contribution in [2.24, 2.45) is 0 Å². The molecule has 1 saturated heterocycles. The lowest BCUT2D eigenvalue weighted by Crippen LogP contribution is -2.33. The van der Waals surface area contributed by atoms with E-state index >= 15 is 0 Å². The van der Waals surface area contributed by atoms with Crippen LogP contribution < -0.4 is 5.32 Å². The molecule has 1 fully saturated rings. The van der Waals surface area contributed by atoms with Crippen molar-refractivity contribution in [1.82, 2.24) is 5.32 Å². The van der Waals surface area contributed by atoms with E-state index in [-0.39, 0.29) is 5.91 Å². The maximum absolute atomic E-state index is 11.0. The van der Waals surface area contributed by atoms with Crippen LogP contribution in [-0.4, -0.2) is 12.5 Å². The Morgan fingerprint density at radius 1 is 1.27 bits per heavy atom. The summed E-state index contributed by atoms with van der Waals surface area (Å²) in [5.74, 6) is 0.692. The predicted octanol–water partition coefficient (Wildman–Crippen LogP) is 2.30. The molecule has 1 aliphatic rings. The average Bonchev–Trinajstić information content (AvgIpc) is 2.23. The van der Waals surface area contributed by atoms with Gasteiger partial charge < -0.3 is 5.32 Å². The fourth-order valence-electron chi connectivity index (χ4n) is 2.04. The number of benzene rings is 1. The van der Waals surface area contributed by atoms with Gasteiger partial charge in [-0.05, 0) is 37.0 Å². The summed E-state index contributed by atoms with van der Waals surface area (Å²) < 4.78 is 0. The fourth-order valence-corrected chi connectivity index (χ4v) is 2.04. The Morgan fingerprint density at radius 2 is 2.07 bits per heavy atom. The van der Waals surface area contributed by atoms with Crippen molar-refractivity contribution in [3.05, 3.63) is 34.9 Å². The van der Waals surface area contributed by atoms with Gasteiger partial charge in [-0.2, -0.15) is 0 Å². The molecule has 1 amide bonds. The molecule has 2 nitrogen and oxygen atoms in total.